The van der Waals surface area contributed by atoms with Gasteiger partial charge < -0.3 is 10.6 Å². The van der Waals surface area contributed by atoms with E-state index < -0.39 is 11.6 Å². The third kappa shape index (κ3) is 2.61. The second-order valence-corrected chi connectivity index (χ2v) is 4.30. The van der Waals surface area contributed by atoms with Gasteiger partial charge in [-0.1, -0.05) is 0 Å². The molecule has 5 heteroatoms. The average molecular weight is 240 g/mol. The van der Waals surface area contributed by atoms with Crippen molar-refractivity contribution in [2.45, 2.75) is 6.42 Å². The third-order valence-electron chi connectivity index (χ3n) is 3.02. The first-order valence-corrected chi connectivity index (χ1v) is 5.55. The maximum atomic E-state index is 13.0. The summed E-state index contributed by atoms with van der Waals surface area (Å²) in [5.74, 6) is -1.51. The molecular formula is C12H14F2N2O. The van der Waals surface area contributed by atoms with Gasteiger partial charge >= 0.3 is 0 Å². The van der Waals surface area contributed by atoms with E-state index in [0.29, 0.717) is 19.6 Å². The number of halogens is 2. The number of carbonyl (C=O) groups excluding carboxylic acids is 1. The van der Waals surface area contributed by atoms with Crippen LogP contribution in [0.3, 0.4) is 0 Å². The fourth-order valence-corrected chi connectivity index (χ4v) is 2.07. The number of nitrogens with zero attached hydrogens (tertiary/aromatic N) is 1. The number of rotatable bonds is 2. The lowest BCUT2D eigenvalue weighted by atomic mass is 10.1. The predicted octanol–water partition coefficient (Wildman–Crippen LogP) is 1.39. The normalized spacial score (nSPS) is 19.7. The van der Waals surface area contributed by atoms with E-state index in [1.165, 1.54) is 0 Å². The number of amides is 1. The maximum absolute atomic E-state index is 13.0. The van der Waals surface area contributed by atoms with Gasteiger partial charge in [-0.2, -0.15) is 0 Å². The molecule has 0 saturated carbocycles. The highest BCUT2D eigenvalue weighted by Gasteiger charge is 2.26. The molecule has 1 aromatic rings. The van der Waals surface area contributed by atoms with Crippen molar-refractivity contribution in [3.8, 4) is 0 Å². The van der Waals surface area contributed by atoms with Crippen molar-refractivity contribution in [1.29, 1.82) is 0 Å². The highest BCUT2D eigenvalue weighted by Crippen LogP contribution is 2.18. The molecule has 92 valence electrons. The molecule has 17 heavy (non-hydrogen) atoms. The summed E-state index contributed by atoms with van der Waals surface area (Å²) in [6.45, 7) is 1.69. The van der Waals surface area contributed by atoms with Crippen molar-refractivity contribution in [2.24, 2.45) is 11.7 Å². The predicted molar refractivity (Wildman–Crippen MR) is 59.4 cm³/mol. The molecule has 3 nitrogen and oxygen atoms in total. The highest BCUT2D eigenvalue weighted by molar-refractivity contribution is 5.94. The second-order valence-electron chi connectivity index (χ2n) is 4.30. The van der Waals surface area contributed by atoms with Gasteiger partial charge in [-0.25, -0.2) is 8.78 Å². The van der Waals surface area contributed by atoms with Gasteiger partial charge in [0.25, 0.3) is 5.91 Å². The third-order valence-corrected chi connectivity index (χ3v) is 3.02. The van der Waals surface area contributed by atoms with Crippen LogP contribution in [0.2, 0.25) is 0 Å². The Bertz CT molecular complexity index is 416. The lowest BCUT2D eigenvalue weighted by Crippen LogP contribution is -2.30. The molecule has 0 unspecified atom stereocenters. The molecule has 0 aliphatic carbocycles. The number of benzene rings is 1. The molecule has 0 radical (unpaired) electrons. The minimum atomic E-state index is -0.733. The first-order valence-electron chi connectivity index (χ1n) is 5.55. The van der Waals surface area contributed by atoms with Crippen LogP contribution in [0.5, 0.6) is 0 Å². The average Bonchev–Trinajstić information content (AvgIpc) is 2.75. The molecule has 1 aromatic carbocycles. The van der Waals surface area contributed by atoms with Gasteiger partial charge in [0.05, 0.1) is 0 Å². The van der Waals surface area contributed by atoms with E-state index in [4.69, 9.17) is 5.73 Å². The number of likely N-dealkylation sites (tertiary alicyclic amines) is 1. The molecule has 1 amide bonds. The van der Waals surface area contributed by atoms with Crippen LogP contribution in [-0.4, -0.2) is 30.4 Å². The molecule has 1 fully saturated rings. The van der Waals surface area contributed by atoms with Gasteiger partial charge in [0.1, 0.15) is 11.6 Å². The Labute approximate surface area is 98.2 Å². The van der Waals surface area contributed by atoms with Crippen LogP contribution in [0.15, 0.2) is 18.2 Å². The van der Waals surface area contributed by atoms with Crippen molar-refractivity contribution < 1.29 is 13.6 Å². The fraction of sp³-hybridized carbons (Fsp3) is 0.417. The summed E-state index contributed by atoms with van der Waals surface area (Å²) in [5, 5.41) is 0. The van der Waals surface area contributed by atoms with Crippen LogP contribution in [0.1, 0.15) is 16.8 Å². The zero-order chi connectivity index (χ0) is 12.4. The summed E-state index contributed by atoms with van der Waals surface area (Å²) in [6, 6.07) is 2.87. The van der Waals surface area contributed by atoms with Gasteiger partial charge in [-0.15, -0.1) is 0 Å². The molecule has 1 saturated heterocycles. The lowest BCUT2D eigenvalue weighted by Gasteiger charge is -2.16. The summed E-state index contributed by atoms with van der Waals surface area (Å²) in [4.78, 5) is 13.6. The molecule has 0 bridgehead atoms. The Morgan fingerprint density at radius 3 is 2.53 bits per heavy atom. The lowest BCUT2D eigenvalue weighted by molar-refractivity contribution is 0.0786. The molecule has 1 heterocycles. The maximum Gasteiger partial charge on any atom is 0.254 e. The molecule has 1 aliphatic rings. The van der Waals surface area contributed by atoms with Gasteiger partial charge in [0.2, 0.25) is 0 Å². The molecule has 0 spiro atoms. The van der Waals surface area contributed by atoms with E-state index in [9.17, 15) is 13.6 Å². The minimum absolute atomic E-state index is 0.0557. The highest BCUT2D eigenvalue weighted by atomic mass is 19.1. The van der Waals surface area contributed by atoms with E-state index >= 15 is 0 Å². The quantitative estimate of drug-likeness (QED) is 0.849. The molecule has 1 atom stereocenters. The van der Waals surface area contributed by atoms with E-state index in [-0.39, 0.29) is 17.4 Å². The topological polar surface area (TPSA) is 46.3 Å². The van der Waals surface area contributed by atoms with Gasteiger partial charge in [-0.3, -0.25) is 4.79 Å². The summed E-state index contributed by atoms with van der Waals surface area (Å²) in [7, 11) is 0. The van der Waals surface area contributed by atoms with Crippen molar-refractivity contribution in [3.05, 3.63) is 35.4 Å². The first kappa shape index (κ1) is 12.0. The van der Waals surface area contributed by atoms with Crippen molar-refractivity contribution >= 4 is 5.91 Å². The Morgan fingerprint density at radius 1 is 1.35 bits per heavy atom. The Balaban J connectivity index is 2.14. The second kappa shape index (κ2) is 4.79. The zero-order valence-electron chi connectivity index (χ0n) is 9.33. The van der Waals surface area contributed by atoms with Gasteiger partial charge in [0.15, 0.2) is 0 Å². The van der Waals surface area contributed by atoms with E-state index in [2.05, 4.69) is 0 Å². The first-order chi connectivity index (χ1) is 8.10. The SMILES string of the molecule is NC[C@H]1CCN(C(=O)c2cc(F)cc(F)c2)C1. The number of hydrogen-bond donors (Lipinski definition) is 1. The van der Waals surface area contributed by atoms with Crippen LogP contribution < -0.4 is 5.73 Å². The van der Waals surface area contributed by atoms with Gasteiger partial charge in [-0.05, 0) is 31.0 Å². The number of nitrogens with two attached hydrogens (primary N) is 1. The smallest absolute Gasteiger partial charge is 0.254 e. The Morgan fingerprint density at radius 2 is 2.00 bits per heavy atom. The van der Waals surface area contributed by atoms with Crippen LogP contribution in [0, 0.1) is 17.6 Å². The van der Waals surface area contributed by atoms with E-state index in [1.54, 1.807) is 4.90 Å². The largest absolute Gasteiger partial charge is 0.338 e. The molecular weight excluding hydrogens is 226 g/mol. The molecule has 2 rings (SSSR count). The van der Waals surface area contributed by atoms with E-state index in [1.807, 2.05) is 0 Å². The fourth-order valence-electron chi connectivity index (χ4n) is 2.07. The summed E-state index contributed by atoms with van der Waals surface area (Å²) in [5.41, 5.74) is 5.58. The van der Waals surface area contributed by atoms with E-state index in [0.717, 1.165) is 24.6 Å². The minimum Gasteiger partial charge on any atom is -0.338 e. The number of hydrogen-bond acceptors (Lipinski definition) is 2. The van der Waals surface area contributed by atoms with Crippen LogP contribution in [0.4, 0.5) is 8.78 Å². The van der Waals surface area contributed by atoms with Crippen molar-refractivity contribution in [1.82, 2.24) is 4.90 Å². The van der Waals surface area contributed by atoms with Gasteiger partial charge in [0, 0.05) is 24.7 Å². The van der Waals surface area contributed by atoms with Crippen LogP contribution >= 0.6 is 0 Å². The summed E-state index contributed by atoms with van der Waals surface area (Å²) < 4.78 is 26.0. The molecule has 1 aliphatic heterocycles. The standard InChI is InChI=1S/C12H14F2N2O/c13-10-3-9(4-11(14)5-10)12(17)16-2-1-8(6-15)7-16/h3-5,8H,1-2,6-7,15H2/t8-/m1/s1. The number of carbonyl (C=O) groups is 1. The van der Waals surface area contributed by atoms with Crippen LogP contribution in [-0.2, 0) is 0 Å². The summed E-state index contributed by atoms with van der Waals surface area (Å²) >= 11 is 0. The Kier molecular flexibility index (Phi) is 3.38. The van der Waals surface area contributed by atoms with Crippen molar-refractivity contribution in [3.63, 3.8) is 0 Å². The zero-order valence-corrected chi connectivity index (χ0v) is 9.33. The molecule has 2 N–H and O–H groups in total. The monoisotopic (exact) mass is 240 g/mol. The summed E-state index contributed by atoms with van der Waals surface area (Å²) in [6.07, 6.45) is 0.847. The van der Waals surface area contributed by atoms with Crippen LogP contribution in [0.25, 0.3) is 0 Å². The molecule has 0 aromatic heterocycles. The Hall–Kier alpha value is -1.49. The van der Waals surface area contributed by atoms with Crippen molar-refractivity contribution in [2.75, 3.05) is 19.6 Å².